The van der Waals surface area contributed by atoms with E-state index in [1.165, 1.54) is 4.90 Å². The molecule has 0 spiro atoms. The quantitative estimate of drug-likeness (QED) is 0.793. The summed E-state index contributed by atoms with van der Waals surface area (Å²) in [5, 5.41) is 3.24. The second kappa shape index (κ2) is 6.69. The molecule has 3 amide bonds. The van der Waals surface area contributed by atoms with Crippen LogP contribution in [-0.2, 0) is 14.4 Å². The fourth-order valence-corrected chi connectivity index (χ4v) is 4.47. The normalized spacial score (nSPS) is 26.9. The number of nitrogens with zero attached hydrogens (tertiary/aromatic N) is 1. The topological polar surface area (TPSA) is 66.5 Å². The molecule has 2 atom stereocenters. The van der Waals surface area contributed by atoms with Crippen LogP contribution in [0.5, 0.6) is 0 Å². The van der Waals surface area contributed by atoms with Crippen molar-refractivity contribution in [2.24, 2.45) is 16.7 Å². The third-order valence-electron chi connectivity index (χ3n) is 6.44. The van der Waals surface area contributed by atoms with Crippen LogP contribution in [0, 0.1) is 16.7 Å². The van der Waals surface area contributed by atoms with E-state index in [0.717, 1.165) is 12.8 Å². The van der Waals surface area contributed by atoms with Gasteiger partial charge < -0.3 is 5.32 Å². The SMILES string of the molecule is CC12CCC(C(=O)N(CCCC(=O)Nc3ccccc3Cl)C1=O)C2(C)C. The van der Waals surface area contributed by atoms with E-state index in [1.807, 2.05) is 20.8 Å². The number of halogens is 1. The monoisotopic (exact) mass is 376 g/mol. The summed E-state index contributed by atoms with van der Waals surface area (Å²) in [6.07, 6.45) is 2.18. The lowest BCUT2D eigenvalue weighted by atomic mass is 9.62. The van der Waals surface area contributed by atoms with Gasteiger partial charge in [0.2, 0.25) is 17.7 Å². The van der Waals surface area contributed by atoms with Gasteiger partial charge in [0.05, 0.1) is 16.1 Å². The van der Waals surface area contributed by atoms with Gasteiger partial charge in [0.15, 0.2) is 0 Å². The van der Waals surface area contributed by atoms with Gasteiger partial charge in [-0.1, -0.05) is 44.5 Å². The maximum absolute atomic E-state index is 12.9. The van der Waals surface area contributed by atoms with Crippen LogP contribution >= 0.6 is 11.6 Å². The van der Waals surface area contributed by atoms with Gasteiger partial charge in [-0.05, 0) is 36.8 Å². The molecular formula is C20H25ClN2O3. The second-order valence-corrected chi connectivity index (χ2v) is 8.48. The van der Waals surface area contributed by atoms with Crippen molar-refractivity contribution < 1.29 is 14.4 Å². The number of nitrogens with one attached hydrogen (secondary N) is 1. The molecular weight excluding hydrogens is 352 g/mol. The molecule has 1 aliphatic heterocycles. The largest absolute Gasteiger partial charge is 0.325 e. The molecule has 3 rings (SSSR count). The molecule has 2 bridgehead atoms. The van der Waals surface area contributed by atoms with Crippen LogP contribution in [0.2, 0.25) is 5.02 Å². The number of piperidine rings is 1. The first kappa shape index (κ1) is 18.9. The van der Waals surface area contributed by atoms with Crippen LogP contribution < -0.4 is 5.32 Å². The Morgan fingerprint density at radius 1 is 1.27 bits per heavy atom. The second-order valence-electron chi connectivity index (χ2n) is 8.07. The molecule has 26 heavy (non-hydrogen) atoms. The predicted molar refractivity (Wildman–Crippen MR) is 101 cm³/mol. The minimum Gasteiger partial charge on any atom is -0.325 e. The van der Waals surface area contributed by atoms with E-state index in [4.69, 9.17) is 11.6 Å². The molecule has 0 aromatic heterocycles. The van der Waals surface area contributed by atoms with Crippen molar-refractivity contribution in [2.45, 2.75) is 46.5 Å². The van der Waals surface area contributed by atoms with Crippen molar-refractivity contribution in [3.8, 4) is 0 Å². The fourth-order valence-electron chi connectivity index (χ4n) is 4.29. The molecule has 140 valence electrons. The van der Waals surface area contributed by atoms with Gasteiger partial charge in [0.1, 0.15) is 0 Å². The predicted octanol–water partition coefficient (Wildman–Crippen LogP) is 3.87. The Labute approximate surface area is 159 Å². The Morgan fingerprint density at radius 3 is 2.65 bits per heavy atom. The van der Waals surface area contributed by atoms with Crippen LogP contribution in [0.15, 0.2) is 24.3 Å². The van der Waals surface area contributed by atoms with E-state index in [2.05, 4.69) is 5.32 Å². The minimum atomic E-state index is -0.495. The number of amides is 3. The summed E-state index contributed by atoms with van der Waals surface area (Å²) in [6, 6.07) is 7.03. The highest BCUT2D eigenvalue weighted by Gasteiger charge is 2.64. The maximum atomic E-state index is 12.9. The molecule has 2 fully saturated rings. The number of likely N-dealkylation sites (tertiary alicyclic amines) is 1. The van der Waals surface area contributed by atoms with Gasteiger partial charge in [0.25, 0.3) is 0 Å². The van der Waals surface area contributed by atoms with E-state index < -0.39 is 5.41 Å². The summed E-state index contributed by atoms with van der Waals surface area (Å²) in [4.78, 5) is 39.2. The zero-order valence-electron chi connectivity index (χ0n) is 15.5. The molecule has 1 N–H and O–H groups in total. The number of carbonyl (C=O) groups excluding carboxylic acids is 3. The third kappa shape index (κ3) is 2.92. The Hall–Kier alpha value is -1.88. The van der Waals surface area contributed by atoms with Gasteiger partial charge in [-0.3, -0.25) is 19.3 Å². The minimum absolute atomic E-state index is 0.0820. The Morgan fingerprint density at radius 2 is 1.96 bits per heavy atom. The van der Waals surface area contributed by atoms with E-state index in [9.17, 15) is 14.4 Å². The van der Waals surface area contributed by atoms with Gasteiger partial charge in [-0.25, -0.2) is 0 Å². The summed E-state index contributed by atoms with van der Waals surface area (Å²) in [7, 11) is 0. The molecule has 0 radical (unpaired) electrons. The summed E-state index contributed by atoms with van der Waals surface area (Å²) < 4.78 is 0. The summed E-state index contributed by atoms with van der Waals surface area (Å²) in [6.45, 7) is 6.30. The van der Waals surface area contributed by atoms with Crippen molar-refractivity contribution in [3.63, 3.8) is 0 Å². The van der Waals surface area contributed by atoms with Crippen LogP contribution in [0.25, 0.3) is 0 Å². The summed E-state index contributed by atoms with van der Waals surface area (Å²) in [5.41, 5.74) is -0.235. The van der Waals surface area contributed by atoms with Gasteiger partial charge in [0, 0.05) is 18.9 Å². The first-order valence-corrected chi connectivity index (χ1v) is 9.46. The Kier molecular flexibility index (Phi) is 4.86. The zero-order valence-corrected chi connectivity index (χ0v) is 16.2. The number of imide groups is 1. The number of fused-ring (bicyclic) bond motifs is 2. The van der Waals surface area contributed by atoms with Crippen molar-refractivity contribution in [3.05, 3.63) is 29.3 Å². The molecule has 6 heteroatoms. The van der Waals surface area contributed by atoms with Crippen LogP contribution in [0.1, 0.15) is 46.5 Å². The molecule has 1 aromatic rings. The molecule has 1 saturated heterocycles. The number of anilines is 1. The number of para-hydroxylation sites is 1. The Balaban J connectivity index is 1.59. The molecule has 5 nitrogen and oxygen atoms in total. The van der Waals surface area contributed by atoms with E-state index in [1.54, 1.807) is 24.3 Å². The number of hydrogen-bond donors (Lipinski definition) is 1. The molecule has 1 saturated carbocycles. The first-order chi connectivity index (χ1) is 12.2. The molecule has 2 aliphatic rings. The van der Waals surface area contributed by atoms with E-state index in [-0.39, 0.29) is 42.0 Å². The number of rotatable bonds is 5. The van der Waals surface area contributed by atoms with Gasteiger partial charge in [-0.15, -0.1) is 0 Å². The molecule has 1 heterocycles. The van der Waals surface area contributed by atoms with Gasteiger partial charge in [-0.2, -0.15) is 0 Å². The number of carbonyl (C=O) groups is 3. The van der Waals surface area contributed by atoms with Gasteiger partial charge >= 0.3 is 0 Å². The lowest BCUT2D eigenvalue weighted by Gasteiger charge is -2.47. The van der Waals surface area contributed by atoms with E-state index in [0.29, 0.717) is 17.1 Å². The van der Waals surface area contributed by atoms with Crippen LogP contribution in [-0.4, -0.2) is 29.2 Å². The first-order valence-electron chi connectivity index (χ1n) is 9.08. The van der Waals surface area contributed by atoms with Crippen LogP contribution in [0.3, 0.4) is 0 Å². The maximum Gasteiger partial charge on any atom is 0.235 e. The molecule has 1 aliphatic carbocycles. The Bertz CT molecular complexity index is 761. The summed E-state index contributed by atoms with van der Waals surface area (Å²) in [5.74, 6) is -0.457. The fraction of sp³-hybridized carbons (Fsp3) is 0.550. The molecule has 1 aromatic carbocycles. The van der Waals surface area contributed by atoms with Crippen molar-refractivity contribution in [1.82, 2.24) is 4.90 Å². The highest BCUT2D eigenvalue weighted by molar-refractivity contribution is 6.33. The van der Waals surface area contributed by atoms with Crippen LogP contribution in [0.4, 0.5) is 5.69 Å². The average molecular weight is 377 g/mol. The highest BCUT2D eigenvalue weighted by atomic mass is 35.5. The molecule has 2 unspecified atom stereocenters. The van der Waals surface area contributed by atoms with Crippen molar-refractivity contribution >= 4 is 35.0 Å². The highest BCUT2D eigenvalue weighted by Crippen LogP contribution is 2.60. The smallest absolute Gasteiger partial charge is 0.235 e. The van der Waals surface area contributed by atoms with E-state index >= 15 is 0 Å². The zero-order chi connectivity index (χ0) is 19.1. The number of hydrogen-bond acceptors (Lipinski definition) is 3. The van der Waals surface area contributed by atoms with Crippen molar-refractivity contribution in [1.29, 1.82) is 0 Å². The number of benzene rings is 1. The third-order valence-corrected chi connectivity index (χ3v) is 6.77. The average Bonchev–Trinajstić information content (AvgIpc) is 2.77. The lowest BCUT2D eigenvalue weighted by Crippen LogP contribution is -2.59. The summed E-state index contributed by atoms with van der Waals surface area (Å²) >= 11 is 6.03. The lowest BCUT2D eigenvalue weighted by molar-refractivity contribution is -0.168. The van der Waals surface area contributed by atoms with Crippen molar-refractivity contribution in [2.75, 3.05) is 11.9 Å². The standard InChI is InChI=1S/C20H25ClN2O3/c1-19(2)13-10-11-20(19,3)18(26)23(17(13)25)12-6-9-16(24)22-15-8-5-4-7-14(15)21/h4-5,7-8,13H,6,9-12H2,1-3H3,(H,22,24).